The van der Waals surface area contributed by atoms with Crippen LogP contribution in [0.2, 0.25) is 0 Å². The Morgan fingerprint density at radius 3 is 2.60 bits per heavy atom. The smallest absolute Gasteiger partial charge is 0.265 e. The first-order chi connectivity index (χ1) is 20.2. The number of halogens is 1. The molecule has 2 unspecified atom stereocenters. The summed E-state index contributed by atoms with van der Waals surface area (Å²) in [4.78, 5) is 69.2. The predicted molar refractivity (Wildman–Crippen MR) is 152 cm³/mol. The van der Waals surface area contributed by atoms with Crippen molar-refractivity contribution in [1.82, 2.24) is 15.1 Å². The third kappa shape index (κ3) is 5.66. The van der Waals surface area contributed by atoms with Crippen molar-refractivity contribution in [2.24, 2.45) is 34.8 Å². The lowest BCUT2D eigenvalue weighted by Gasteiger charge is -2.38. The van der Waals surface area contributed by atoms with Gasteiger partial charge in [-0.05, 0) is 41.7 Å². The van der Waals surface area contributed by atoms with Crippen molar-refractivity contribution in [3.8, 4) is 5.75 Å². The highest BCUT2D eigenvalue weighted by molar-refractivity contribution is 5.99. The highest BCUT2D eigenvalue weighted by Crippen LogP contribution is 2.65. The molecule has 13 heteroatoms. The van der Waals surface area contributed by atoms with Crippen molar-refractivity contribution < 1.29 is 37.8 Å². The molecular formula is C30H40FN5O7. The lowest BCUT2D eigenvalue weighted by atomic mass is 9.96. The minimum Gasteiger partial charge on any atom is -0.478 e. The van der Waals surface area contributed by atoms with Gasteiger partial charge in [-0.25, -0.2) is 4.39 Å². The molecule has 1 saturated carbocycles. The van der Waals surface area contributed by atoms with Crippen LogP contribution in [0.4, 0.5) is 10.1 Å². The topological polar surface area (TPSA) is 160 Å². The van der Waals surface area contributed by atoms with E-state index in [-0.39, 0.29) is 58.8 Å². The van der Waals surface area contributed by atoms with Crippen LogP contribution in [0.1, 0.15) is 40.5 Å². The van der Waals surface area contributed by atoms with E-state index in [1.165, 1.54) is 29.0 Å². The summed E-state index contributed by atoms with van der Waals surface area (Å²) in [6.07, 6.45) is -0.831. The average molecular weight is 602 g/mol. The summed E-state index contributed by atoms with van der Waals surface area (Å²) in [6.45, 7) is 8.89. The van der Waals surface area contributed by atoms with Crippen molar-refractivity contribution in [3.05, 3.63) is 24.0 Å². The lowest BCUT2D eigenvalue weighted by Crippen LogP contribution is -2.60. The Kier molecular flexibility index (Phi) is 8.14. The summed E-state index contributed by atoms with van der Waals surface area (Å²) in [5.74, 6) is -3.50. The first-order valence-corrected chi connectivity index (χ1v) is 14.7. The zero-order valence-electron chi connectivity index (χ0n) is 25.1. The summed E-state index contributed by atoms with van der Waals surface area (Å²) < 4.78 is 24.7. The van der Waals surface area contributed by atoms with Gasteiger partial charge in [-0.15, -0.1) is 0 Å². The number of fused-ring (bicyclic) bond motifs is 2. The largest absolute Gasteiger partial charge is 0.478 e. The van der Waals surface area contributed by atoms with E-state index in [1.54, 1.807) is 0 Å². The molecule has 5 amide bonds. The van der Waals surface area contributed by atoms with Crippen LogP contribution in [0.5, 0.6) is 5.75 Å². The molecule has 43 heavy (non-hydrogen) atoms. The maximum atomic E-state index is 14.2. The van der Waals surface area contributed by atoms with Gasteiger partial charge in [0.1, 0.15) is 29.7 Å². The molecule has 2 saturated heterocycles. The number of ether oxygens (including phenoxy) is 2. The number of nitrogens with two attached hydrogens (primary N) is 1. The second-order valence-corrected chi connectivity index (χ2v) is 13.0. The molecular weight excluding hydrogens is 561 g/mol. The van der Waals surface area contributed by atoms with Crippen molar-refractivity contribution in [1.29, 1.82) is 0 Å². The number of carbonyl (C=O) groups excluding carboxylic acids is 5. The molecule has 0 bridgehead atoms. The molecule has 3 heterocycles. The second kappa shape index (κ2) is 11.4. The van der Waals surface area contributed by atoms with Crippen molar-refractivity contribution >= 4 is 35.2 Å². The first kappa shape index (κ1) is 30.7. The number of amides is 5. The van der Waals surface area contributed by atoms with E-state index in [4.69, 9.17) is 15.2 Å². The Balaban J connectivity index is 1.34. The third-order valence-corrected chi connectivity index (χ3v) is 9.62. The number of likely N-dealkylation sites (N-methyl/N-ethyl adjacent to an activating group) is 1. The van der Waals surface area contributed by atoms with Gasteiger partial charge in [0.15, 0.2) is 6.10 Å². The highest BCUT2D eigenvalue weighted by Gasteiger charge is 2.70. The number of likely N-dealkylation sites (tertiary alicyclic amines) is 1. The Labute approximate surface area is 249 Å². The van der Waals surface area contributed by atoms with Gasteiger partial charge in [0.05, 0.1) is 18.2 Å². The molecule has 3 aliphatic heterocycles. The third-order valence-electron chi connectivity index (χ3n) is 9.62. The molecule has 234 valence electrons. The molecule has 1 aliphatic carbocycles. The van der Waals surface area contributed by atoms with E-state index in [1.807, 2.05) is 27.7 Å². The van der Waals surface area contributed by atoms with Gasteiger partial charge in [0.25, 0.3) is 5.91 Å². The van der Waals surface area contributed by atoms with Gasteiger partial charge in [-0.1, -0.05) is 27.7 Å². The molecule has 5 rings (SSSR count). The van der Waals surface area contributed by atoms with Gasteiger partial charge in [0, 0.05) is 32.7 Å². The predicted octanol–water partition coefficient (Wildman–Crippen LogP) is 0.888. The van der Waals surface area contributed by atoms with Crippen LogP contribution in [0.3, 0.4) is 0 Å². The van der Waals surface area contributed by atoms with E-state index >= 15 is 0 Å². The number of carbonyl (C=O) groups is 5. The fourth-order valence-corrected chi connectivity index (χ4v) is 6.81. The molecule has 1 aromatic carbocycles. The molecule has 1 aromatic rings. The van der Waals surface area contributed by atoms with Crippen molar-refractivity contribution in [3.63, 3.8) is 0 Å². The van der Waals surface area contributed by atoms with E-state index in [0.717, 1.165) is 6.07 Å². The minimum atomic E-state index is -1.23. The zero-order chi connectivity index (χ0) is 31.4. The molecule has 0 aromatic heterocycles. The maximum absolute atomic E-state index is 14.2. The summed E-state index contributed by atoms with van der Waals surface area (Å²) >= 11 is 0. The number of rotatable bonds is 9. The lowest BCUT2D eigenvalue weighted by molar-refractivity contribution is -0.151. The molecule has 0 spiro atoms. The van der Waals surface area contributed by atoms with E-state index in [2.05, 4.69) is 10.6 Å². The van der Waals surface area contributed by atoms with Crippen LogP contribution in [-0.2, 0) is 28.7 Å². The number of nitrogens with one attached hydrogen (secondary N) is 2. The Morgan fingerprint density at radius 1 is 1.26 bits per heavy atom. The number of hydrogen-bond acceptors (Lipinski definition) is 7. The van der Waals surface area contributed by atoms with E-state index in [0.29, 0.717) is 26.2 Å². The van der Waals surface area contributed by atoms with Crippen molar-refractivity contribution in [2.45, 2.75) is 64.8 Å². The molecule has 12 nitrogen and oxygen atoms in total. The first-order valence-electron chi connectivity index (χ1n) is 14.7. The Morgan fingerprint density at radius 2 is 1.98 bits per heavy atom. The van der Waals surface area contributed by atoms with Crippen LogP contribution >= 0.6 is 0 Å². The average Bonchev–Trinajstić information content (AvgIpc) is 3.40. The summed E-state index contributed by atoms with van der Waals surface area (Å²) in [5.41, 5.74) is 5.70. The van der Waals surface area contributed by atoms with Crippen LogP contribution in [0.25, 0.3) is 0 Å². The Bertz CT molecular complexity index is 1330. The number of hydrogen-bond donors (Lipinski definition) is 3. The number of nitrogens with zero attached hydrogens (tertiary/aromatic N) is 2. The Hall–Kier alpha value is -3.74. The van der Waals surface area contributed by atoms with Crippen molar-refractivity contribution in [2.75, 3.05) is 32.1 Å². The quantitative estimate of drug-likeness (QED) is 0.379. The van der Waals surface area contributed by atoms with Gasteiger partial charge in [-0.2, -0.15) is 0 Å². The summed E-state index contributed by atoms with van der Waals surface area (Å²) in [7, 11) is 1.43. The summed E-state index contributed by atoms with van der Waals surface area (Å²) in [5, 5.41) is 5.46. The minimum absolute atomic E-state index is 0.0712. The fourth-order valence-electron chi connectivity index (χ4n) is 6.81. The second-order valence-electron chi connectivity index (χ2n) is 13.0. The van der Waals surface area contributed by atoms with Gasteiger partial charge in [0.2, 0.25) is 23.6 Å². The van der Waals surface area contributed by atoms with E-state index in [9.17, 15) is 28.4 Å². The van der Waals surface area contributed by atoms with E-state index < -0.39 is 47.8 Å². The highest BCUT2D eigenvalue weighted by atomic mass is 19.1. The van der Waals surface area contributed by atoms with Crippen LogP contribution in [0, 0.1) is 34.9 Å². The molecule has 7 atom stereocenters. The van der Waals surface area contributed by atoms with Gasteiger partial charge >= 0.3 is 0 Å². The number of piperidine rings is 1. The normalized spacial score (nSPS) is 28.2. The van der Waals surface area contributed by atoms with Gasteiger partial charge < -0.3 is 35.6 Å². The number of primary amides is 1. The number of anilines is 1. The van der Waals surface area contributed by atoms with Gasteiger partial charge in [-0.3, -0.25) is 24.0 Å². The molecule has 4 N–H and O–H groups in total. The SMILES string of the molecule is CC(C)C(NC(=O)[C@H]1CCOC1)C(=O)N1C[C@H]2[C@@H]([C@H]1C(=O)N(C)C(C[C@@H]1Oc3ccc(F)cc3NC1=O)C(N)=O)C2(C)C. The molecule has 4 aliphatic rings. The van der Waals surface area contributed by atoms with Crippen LogP contribution < -0.4 is 21.1 Å². The summed E-state index contributed by atoms with van der Waals surface area (Å²) in [6, 6.07) is 0.724. The monoisotopic (exact) mass is 601 g/mol. The number of benzene rings is 1. The fraction of sp³-hybridized carbons (Fsp3) is 0.633. The van der Waals surface area contributed by atoms with Crippen LogP contribution in [0.15, 0.2) is 18.2 Å². The molecule has 3 fully saturated rings. The standard InChI is InChI=1S/C30H40FN5O7/c1-14(2)23(34-26(38)15-8-9-42-13-15)28(40)36-12-17-22(30(17,3)4)24(36)29(41)35(5)19(25(32)37)11-21-27(39)33-18-10-16(31)6-7-20(18)43-21/h6-7,10,14-15,17,19,21-24H,8-9,11-13H2,1-5H3,(H2,32,37)(H,33,39)(H,34,38)/t15-,17-,19?,21-,22-,23?,24-/m0/s1. The molecule has 0 radical (unpaired) electrons. The van der Waals surface area contributed by atoms with Crippen LogP contribution in [-0.4, -0.2) is 90.4 Å². The zero-order valence-corrected chi connectivity index (χ0v) is 25.1. The maximum Gasteiger partial charge on any atom is 0.265 e.